The number of ether oxygens (including phenoxy) is 1. The van der Waals surface area contributed by atoms with Crippen molar-refractivity contribution in [2.45, 2.75) is 44.8 Å². The summed E-state index contributed by atoms with van der Waals surface area (Å²) in [5, 5.41) is 9.52. The van der Waals surface area contributed by atoms with Crippen LogP contribution in [0.1, 0.15) is 30.4 Å². The van der Waals surface area contributed by atoms with Crippen LogP contribution in [0.3, 0.4) is 0 Å². The van der Waals surface area contributed by atoms with Gasteiger partial charge in [0.2, 0.25) is 0 Å². The number of aliphatic hydroxyl groups excluding tert-OH is 1. The molecule has 4 rings (SSSR count). The highest BCUT2D eigenvalue weighted by Gasteiger charge is 2.35. The number of hydrogen-bond acceptors (Lipinski definition) is 5. The van der Waals surface area contributed by atoms with Crippen molar-refractivity contribution in [1.29, 1.82) is 0 Å². The van der Waals surface area contributed by atoms with Crippen molar-refractivity contribution >= 4 is 5.69 Å². The second-order valence-corrected chi connectivity index (χ2v) is 8.10. The number of nitrogens with zero attached hydrogens (tertiary/aromatic N) is 3. The van der Waals surface area contributed by atoms with E-state index >= 15 is 0 Å². The number of benzene rings is 1. The third kappa shape index (κ3) is 3.91. The van der Waals surface area contributed by atoms with Gasteiger partial charge >= 0.3 is 0 Å². The molecule has 3 fully saturated rings. The van der Waals surface area contributed by atoms with E-state index in [1.165, 1.54) is 36.2 Å². The van der Waals surface area contributed by atoms with Crippen molar-refractivity contribution in [3.8, 4) is 0 Å². The van der Waals surface area contributed by atoms with Gasteiger partial charge in [0.25, 0.3) is 0 Å². The molecule has 0 aliphatic carbocycles. The normalized spacial score (nSPS) is 27.7. The summed E-state index contributed by atoms with van der Waals surface area (Å²) in [5.74, 6) is 0. The van der Waals surface area contributed by atoms with Crippen LogP contribution in [0.15, 0.2) is 18.2 Å². The summed E-state index contributed by atoms with van der Waals surface area (Å²) in [6, 6.07) is 8.14. The molecule has 1 N–H and O–H groups in total. The molecule has 0 amide bonds. The van der Waals surface area contributed by atoms with Gasteiger partial charge in [0, 0.05) is 57.1 Å². The highest BCUT2D eigenvalue weighted by Crippen LogP contribution is 2.28. The SMILES string of the molecule is Cc1cc(N2CCOCC2)ccc1CN1CC2CCCN2C[C@@H]1CCO. The fourth-order valence-corrected chi connectivity index (χ4v) is 4.86. The summed E-state index contributed by atoms with van der Waals surface area (Å²) >= 11 is 0. The summed E-state index contributed by atoms with van der Waals surface area (Å²) in [4.78, 5) is 7.69. The van der Waals surface area contributed by atoms with E-state index in [9.17, 15) is 5.11 Å². The van der Waals surface area contributed by atoms with Crippen molar-refractivity contribution in [1.82, 2.24) is 9.80 Å². The molecule has 3 saturated heterocycles. The second-order valence-electron chi connectivity index (χ2n) is 8.10. The van der Waals surface area contributed by atoms with Crippen molar-refractivity contribution in [2.75, 3.05) is 57.4 Å². The van der Waals surface area contributed by atoms with Crippen LogP contribution >= 0.6 is 0 Å². The highest BCUT2D eigenvalue weighted by atomic mass is 16.5. The lowest BCUT2D eigenvalue weighted by molar-refractivity contribution is 0.0332. The molecular formula is C21H33N3O2. The molecule has 3 aliphatic heterocycles. The van der Waals surface area contributed by atoms with E-state index in [-0.39, 0.29) is 6.61 Å². The van der Waals surface area contributed by atoms with Crippen LogP contribution in [0.4, 0.5) is 5.69 Å². The van der Waals surface area contributed by atoms with Gasteiger partial charge in [-0.25, -0.2) is 0 Å². The number of piperazine rings is 1. The molecule has 0 radical (unpaired) electrons. The third-order valence-corrected chi connectivity index (χ3v) is 6.44. The summed E-state index contributed by atoms with van der Waals surface area (Å²) in [7, 11) is 0. The molecule has 1 unspecified atom stereocenters. The number of rotatable bonds is 5. The first-order chi connectivity index (χ1) is 12.7. The predicted octanol–water partition coefficient (Wildman–Crippen LogP) is 1.86. The van der Waals surface area contributed by atoms with Crippen molar-refractivity contribution in [3.63, 3.8) is 0 Å². The number of aryl methyl sites for hydroxylation is 1. The molecule has 5 heteroatoms. The molecular weight excluding hydrogens is 326 g/mol. The summed E-state index contributed by atoms with van der Waals surface area (Å²) in [6.07, 6.45) is 3.54. The largest absolute Gasteiger partial charge is 0.396 e. The van der Waals surface area contributed by atoms with Gasteiger partial charge in [-0.15, -0.1) is 0 Å². The Bertz CT molecular complexity index is 603. The number of anilines is 1. The first-order valence-corrected chi connectivity index (χ1v) is 10.3. The zero-order valence-corrected chi connectivity index (χ0v) is 16.1. The Balaban J connectivity index is 1.46. The van der Waals surface area contributed by atoms with E-state index in [4.69, 9.17) is 4.74 Å². The molecule has 0 spiro atoms. The Morgan fingerprint density at radius 2 is 2.00 bits per heavy atom. The van der Waals surface area contributed by atoms with E-state index in [1.807, 2.05) is 0 Å². The average Bonchev–Trinajstić information content (AvgIpc) is 3.11. The molecule has 1 aromatic carbocycles. The minimum atomic E-state index is 0.286. The summed E-state index contributed by atoms with van der Waals surface area (Å²) in [5.41, 5.74) is 4.13. The summed E-state index contributed by atoms with van der Waals surface area (Å²) in [6.45, 7) is 10.7. The first-order valence-electron chi connectivity index (χ1n) is 10.3. The third-order valence-electron chi connectivity index (χ3n) is 6.44. The van der Waals surface area contributed by atoms with Crippen LogP contribution in [-0.4, -0.2) is 79.5 Å². The lowest BCUT2D eigenvalue weighted by Crippen LogP contribution is -2.55. The Morgan fingerprint density at radius 3 is 2.77 bits per heavy atom. The molecule has 3 aliphatic rings. The van der Waals surface area contributed by atoms with Crippen LogP contribution in [0.25, 0.3) is 0 Å². The maximum atomic E-state index is 9.52. The van der Waals surface area contributed by atoms with Crippen molar-refractivity contribution in [2.24, 2.45) is 0 Å². The van der Waals surface area contributed by atoms with Crippen LogP contribution in [-0.2, 0) is 11.3 Å². The molecule has 5 nitrogen and oxygen atoms in total. The second kappa shape index (κ2) is 8.26. The first kappa shape index (κ1) is 18.2. The molecule has 144 valence electrons. The molecule has 0 saturated carbocycles. The Labute approximate surface area is 157 Å². The minimum Gasteiger partial charge on any atom is -0.396 e. The van der Waals surface area contributed by atoms with Gasteiger partial charge < -0.3 is 14.7 Å². The molecule has 0 aromatic heterocycles. The monoisotopic (exact) mass is 359 g/mol. The lowest BCUT2D eigenvalue weighted by atomic mass is 10.0. The van der Waals surface area contributed by atoms with Gasteiger partial charge in [-0.1, -0.05) is 6.07 Å². The number of morpholine rings is 1. The maximum Gasteiger partial charge on any atom is 0.0642 e. The fraction of sp³-hybridized carbons (Fsp3) is 0.714. The molecule has 2 atom stereocenters. The van der Waals surface area contributed by atoms with Crippen LogP contribution in [0.2, 0.25) is 0 Å². The van der Waals surface area contributed by atoms with Gasteiger partial charge in [-0.2, -0.15) is 0 Å². The zero-order chi connectivity index (χ0) is 17.9. The Hall–Kier alpha value is -1.14. The smallest absolute Gasteiger partial charge is 0.0642 e. The molecule has 3 heterocycles. The fourth-order valence-electron chi connectivity index (χ4n) is 4.86. The van der Waals surface area contributed by atoms with E-state index in [0.29, 0.717) is 6.04 Å². The topological polar surface area (TPSA) is 39.2 Å². The van der Waals surface area contributed by atoms with E-state index in [0.717, 1.165) is 58.4 Å². The molecule has 26 heavy (non-hydrogen) atoms. The van der Waals surface area contributed by atoms with E-state index in [2.05, 4.69) is 39.8 Å². The van der Waals surface area contributed by atoms with Gasteiger partial charge in [0.05, 0.1) is 13.2 Å². The standard InChI is InChI=1S/C21H33N3O2/c1-17-13-19(22-8-11-26-12-9-22)5-4-18(17)14-24-16-20-3-2-7-23(20)15-21(24)6-10-25/h4-5,13,20-21,25H,2-3,6-12,14-16H2,1H3/t20?,21-/m0/s1. The lowest BCUT2D eigenvalue weighted by Gasteiger charge is -2.44. The maximum absolute atomic E-state index is 9.52. The average molecular weight is 360 g/mol. The van der Waals surface area contributed by atoms with Gasteiger partial charge in [0.15, 0.2) is 0 Å². The van der Waals surface area contributed by atoms with Crippen molar-refractivity contribution < 1.29 is 9.84 Å². The van der Waals surface area contributed by atoms with E-state index < -0.39 is 0 Å². The van der Waals surface area contributed by atoms with Crippen LogP contribution in [0, 0.1) is 6.92 Å². The Kier molecular flexibility index (Phi) is 5.79. The highest BCUT2D eigenvalue weighted by molar-refractivity contribution is 5.51. The van der Waals surface area contributed by atoms with Crippen LogP contribution in [0.5, 0.6) is 0 Å². The molecule has 1 aromatic rings. The molecule has 0 bridgehead atoms. The van der Waals surface area contributed by atoms with E-state index in [1.54, 1.807) is 0 Å². The van der Waals surface area contributed by atoms with Gasteiger partial charge in [-0.3, -0.25) is 9.80 Å². The van der Waals surface area contributed by atoms with Crippen LogP contribution < -0.4 is 4.90 Å². The minimum absolute atomic E-state index is 0.286. The van der Waals surface area contributed by atoms with Crippen molar-refractivity contribution in [3.05, 3.63) is 29.3 Å². The quantitative estimate of drug-likeness (QED) is 0.869. The Morgan fingerprint density at radius 1 is 1.15 bits per heavy atom. The zero-order valence-electron chi connectivity index (χ0n) is 16.1. The number of hydrogen-bond donors (Lipinski definition) is 1. The number of fused-ring (bicyclic) bond motifs is 1. The predicted molar refractivity (Wildman–Crippen MR) is 105 cm³/mol. The van der Waals surface area contributed by atoms with Gasteiger partial charge in [-0.05, 0) is 56.0 Å². The number of aliphatic hydroxyl groups is 1. The summed E-state index contributed by atoms with van der Waals surface area (Å²) < 4.78 is 5.47. The van der Waals surface area contributed by atoms with Gasteiger partial charge in [0.1, 0.15) is 0 Å².